The predicted octanol–water partition coefficient (Wildman–Crippen LogP) is 4.09. The number of hydrogen-bond acceptors (Lipinski definition) is 2. The Kier molecular flexibility index (Phi) is 3.75. The third-order valence-electron chi connectivity index (χ3n) is 4.30. The third-order valence-corrected chi connectivity index (χ3v) is 4.30. The van der Waals surface area contributed by atoms with Crippen LogP contribution < -0.4 is 10.5 Å². The number of rotatable bonds is 4. The standard InChI is InChI=1S/C18H21NO/c1-20-18-9-8-16(11-17(18)12-19)15-7-3-6-14(10-15)13-4-2-5-13/h3,6-11,13H,2,4-5,12,19H2,1H3. The molecule has 2 nitrogen and oxygen atoms in total. The molecule has 0 radical (unpaired) electrons. The minimum Gasteiger partial charge on any atom is -0.496 e. The molecule has 0 aromatic heterocycles. The van der Waals surface area contributed by atoms with Crippen LogP contribution in [0, 0.1) is 0 Å². The number of nitrogens with two attached hydrogens (primary N) is 1. The van der Waals surface area contributed by atoms with Crippen LogP contribution in [0.15, 0.2) is 42.5 Å². The van der Waals surface area contributed by atoms with Crippen molar-refractivity contribution in [2.75, 3.05) is 7.11 Å². The Labute approximate surface area is 120 Å². The molecule has 0 bridgehead atoms. The lowest BCUT2D eigenvalue weighted by Crippen LogP contribution is -2.08. The van der Waals surface area contributed by atoms with E-state index in [1.165, 1.54) is 36.0 Å². The van der Waals surface area contributed by atoms with Crippen molar-refractivity contribution in [3.05, 3.63) is 53.6 Å². The second-order valence-corrected chi connectivity index (χ2v) is 5.48. The van der Waals surface area contributed by atoms with E-state index in [0.717, 1.165) is 17.2 Å². The molecule has 0 spiro atoms. The molecule has 2 N–H and O–H groups in total. The molecule has 0 amide bonds. The molecule has 2 aromatic carbocycles. The van der Waals surface area contributed by atoms with Gasteiger partial charge in [0, 0.05) is 12.1 Å². The summed E-state index contributed by atoms with van der Waals surface area (Å²) in [6, 6.07) is 15.2. The van der Waals surface area contributed by atoms with Gasteiger partial charge >= 0.3 is 0 Å². The summed E-state index contributed by atoms with van der Waals surface area (Å²) in [6.07, 6.45) is 4.04. The summed E-state index contributed by atoms with van der Waals surface area (Å²) in [7, 11) is 1.69. The van der Waals surface area contributed by atoms with Crippen LogP contribution >= 0.6 is 0 Å². The molecule has 0 heterocycles. The van der Waals surface area contributed by atoms with Crippen molar-refractivity contribution in [1.29, 1.82) is 0 Å². The fourth-order valence-electron chi connectivity index (χ4n) is 2.83. The van der Waals surface area contributed by atoms with Gasteiger partial charge < -0.3 is 10.5 Å². The van der Waals surface area contributed by atoms with Gasteiger partial charge in [0.15, 0.2) is 0 Å². The van der Waals surface area contributed by atoms with E-state index in [9.17, 15) is 0 Å². The van der Waals surface area contributed by atoms with Gasteiger partial charge in [0.25, 0.3) is 0 Å². The van der Waals surface area contributed by atoms with Gasteiger partial charge in [0.05, 0.1) is 7.11 Å². The molecule has 1 aliphatic rings. The fraction of sp³-hybridized carbons (Fsp3) is 0.333. The molecule has 0 aliphatic heterocycles. The first-order chi connectivity index (χ1) is 9.81. The molecule has 104 valence electrons. The van der Waals surface area contributed by atoms with Crippen LogP contribution in [-0.4, -0.2) is 7.11 Å². The summed E-state index contributed by atoms with van der Waals surface area (Å²) in [6.45, 7) is 0.499. The van der Waals surface area contributed by atoms with Gasteiger partial charge in [-0.15, -0.1) is 0 Å². The highest BCUT2D eigenvalue weighted by Crippen LogP contribution is 2.38. The number of benzene rings is 2. The zero-order valence-corrected chi connectivity index (χ0v) is 11.9. The molecule has 1 aliphatic carbocycles. The van der Waals surface area contributed by atoms with Crippen LogP contribution in [0.1, 0.15) is 36.3 Å². The second kappa shape index (κ2) is 5.68. The first-order valence-corrected chi connectivity index (χ1v) is 7.29. The van der Waals surface area contributed by atoms with Crippen molar-refractivity contribution in [2.24, 2.45) is 5.73 Å². The molecule has 0 unspecified atom stereocenters. The molecule has 1 fully saturated rings. The first-order valence-electron chi connectivity index (χ1n) is 7.29. The van der Waals surface area contributed by atoms with E-state index < -0.39 is 0 Å². The minimum absolute atomic E-state index is 0.499. The first kappa shape index (κ1) is 13.2. The van der Waals surface area contributed by atoms with Crippen LogP contribution in [-0.2, 0) is 6.54 Å². The summed E-state index contributed by atoms with van der Waals surface area (Å²) in [4.78, 5) is 0. The van der Waals surface area contributed by atoms with Gasteiger partial charge in [-0.05, 0) is 47.6 Å². The highest BCUT2D eigenvalue weighted by atomic mass is 16.5. The molecular formula is C18H21NO. The minimum atomic E-state index is 0.499. The SMILES string of the molecule is COc1ccc(-c2cccc(C3CCC3)c2)cc1CN. The molecule has 20 heavy (non-hydrogen) atoms. The average molecular weight is 267 g/mol. The van der Waals surface area contributed by atoms with Gasteiger partial charge in [0.1, 0.15) is 5.75 Å². The molecule has 0 saturated heterocycles. The summed E-state index contributed by atoms with van der Waals surface area (Å²) in [5.74, 6) is 1.63. The van der Waals surface area contributed by atoms with E-state index in [2.05, 4.69) is 36.4 Å². The highest BCUT2D eigenvalue weighted by Gasteiger charge is 2.19. The smallest absolute Gasteiger partial charge is 0.123 e. The Balaban J connectivity index is 1.95. The lowest BCUT2D eigenvalue weighted by Gasteiger charge is -2.26. The second-order valence-electron chi connectivity index (χ2n) is 5.48. The molecular weight excluding hydrogens is 246 g/mol. The van der Waals surface area contributed by atoms with Crippen molar-refractivity contribution < 1.29 is 4.74 Å². The summed E-state index contributed by atoms with van der Waals surface area (Å²) < 4.78 is 5.34. The normalized spacial score (nSPS) is 14.9. The summed E-state index contributed by atoms with van der Waals surface area (Å²) in [5.41, 5.74) is 10.8. The Bertz CT molecular complexity index is 602. The highest BCUT2D eigenvalue weighted by molar-refractivity contribution is 5.66. The molecule has 3 rings (SSSR count). The number of methoxy groups -OCH3 is 1. The Hall–Kier alpha value is -1.80. The van der Waals surface area contributed by atoms with Gasteiger partial charge in [-0.25, -0.2) is 0 Å². The Morgan fingerprint density at radius 1 is 1.10 bits per heavy atom. The van der Waals surface area contributed by atoms with Crippen LogP contribution in [0.2, 0.25) is 0 Å². The number of ether oxygens (including phenoxy) is 1. The van der Waals surface area contributed by atoms with E-state index in [-0.39, 0.29) is 0 Å². The third kappa shape index (κ3) is 2.44. The maximum atomic E-state index is 5.80. The van der Waals surface area contributed by atoms with Gasteiger partial charge in [-0.1, -0.05) is 36.8 Å². The van der Waals surface area contributed by atoms with Gasteiger partial charge in [0.2, 0.25) is 0 Å². The van der Waals surface area contributed by atoms with Crippen molar-refractivity contribution in [1.82, 2.24) is 0 Å². The van der Waals surface area contributed by atoms with E-state index in [1.807, 2.05) is 6.07 Å². The molecule has 1 saturated carbocycles. The van der Waals surface area contributed by atoms with E-state index >= 15 is 0 Å². The van der Waals surface area contributed by atoms with E-state index in [4.69, 9.17) is 10.5 Å². The molecule has 0 atom stereocenters. The van der Waals surface area contributed by atoms with Crippen LogP contribution in [0.25, 0.3) is 11.1 Å². The molecule has 2 aromatic rings. The van der Waals surface area contributed by atoms with E-state index in [1.54, 1.807) is 7.11 Å². The van der Waals surface area contributed by atoms with Crippen LogP contribution in [0.5, 0.6) is 5.75 Å². The monoisotopic (exact) mass is 267 g/mol. The number of hydrogen-bond donors (Lipinski definition) is 1. The van der Waals surface area contributed by atoms with E-state index in [0.29, 0.717) is 6.54 Å². The fourth-order valence-corrected chi connectivity index (χ4v) is 2.83. The van der Waals surface area contributed by atoms with Crippen molar-refractivity contribution in [2.45, 2.75) is 31.7 Å². The molecule has 2 heteroatoms. The summed E-state index contributed by atoms with van der Waals surface area (Å²) >= 11 is 0. The van der Waals surface area contributed by atoms with Gasteiger partial charge in [-0.3, -0.25) is 0 Å². The van der Waals surface area contributed by atoms with Gasteiger partial charge in [-0.2, -0.15) is 0 Å². The van der Waals surface area contributed by atoms with Crippen LogP contribution in [0.4, 0.5) is 0 Å². The Morgan fingerprint density at radius 3 is 2.55 bits per heavy atom. The lowest BCUT2D eigenvalue weighted by atomic mass is 9.79. The Morgan fingerprint density at radius 2 is 1.90 bits per heavy atom. The quantitative estimate of drug-likeness (QED) is 0.905. The maximum Gasteiger partial charge on any atom is 0.123 e. The largest absolute Gasteiger partial charge is 0.496 e. The average Bonchev–Trinajstić information content (AvgIpc) is 2.45. The zero-order chi connectivity index (χ0) is 13.9. The zero-order valence-electron chi connectivity index (χ0n) is 11.9. The topological polar surface area (TPSA) is 35.2 Å². The van der Waals surface area contributed by atoms with Crippen molar-refractivity contribution in [3.63, 3.8) is 0 Å². The van der Waals surface area contributed by atoms with Crippen molar-refractivity contribution in [3.8, 4) is 16.9 Å². The predicted molar refractivity (Wildman–Crippen MR) is 82.9 cm³/mol. The maximum absolute atomic E-state index is 5.80. The van der Waals surface area contributed by atoms with Crippen molar-refractivity contribution >= 4 is 0 Å². The van der Waals surface area contributed by atoms with Crippen LogP contribution in [0.3, 0.4) is 0 Å². The summed E-state index contributed by atoms with van der Waals surface area (Å²) in [5, 5.41) is 0. The lowest BCUT2D eigenvalue weighted by molar-refractivity contribution is 0.410.